The first kappa shape index (κ1) is 17.4. The minimum absolute atomic E-state index is 0.276. The van der Waals surface area contributed by atoms with Crippen LogP contribution in [0, 0.1) is 6.92 Å². The molecule has 1 amide bonds. The third kappa shape index (κ3) is 4.35. The molecule has 3 aromatic rings. The molecule has 0 spiro atoms. The fourth-order valence-corrected chi connectivity index (χ4v) is 3.00. The summed E-state index contributed by atoms with van der Waals surface area (Å²) in [5, 5.41) is 12.6. The Hall–Kier alpha value is -2.44. The molecule has 1 unspecified atom stereocenters. The summed E-state index contributed by atoms with van der Waals surface area (Å²) in [5.41, 5.74) is 1.87. The van der Waals surface area contributed by atoms with Gasteiger partial charge in [0.1, 0.15) is 10.8 Å². The van der Waals surface area contributed by atoms with Gasteiger partial charge in [-0.05, 0) is 37.6 Å². The summed E-state index contributed by atoms with van der Waals surface area (Å²) < 4.78 is 5.71. The Balaban J connectivity index is 1.65. The molecule has 7 heteroatoms. The highest BCUT2D eigenvalue weighted by Gasteiger charge is 2.18. The number of rotatable bonds is 5. The third-order valence-corrected chi connectivity index (χ3v) is 4.65. The number of benzene rings is 2. The van der Waals surface area contributed by atoms with Crippen molar-refractivity contribution >= 4 is 34.0 Å². The summed E-state index contributed by atoms with van der Waals surface area (Å²) in [6.07, 6.45) is -0.649. The van der Waals surface area contributed by atoms with Crippen LogP contribution in [0.1, 0.15) is 12.5 Å². The molecule has 0 radical (unpaired) electrons. The van der Waals surface area contributed by atoms with Crippen LogP contribution in [0.25, 0.3) is 10.6 Å². The quantitative estimate of drug-likeness (QED) is 0.711. The van der Waals surface area contributed by atoms with Crippen molar-refractivity contribution in [3.8, 4) is 16.3 Å². The van der Waals surface area contributed by atoms with Gasteiger partial charge in [0, 0.05) is 10.6 Å². The molecule has 0 aliphatic carbocycles. The molecular weight excluding hydrogens is 358 g/mol. The zero-order valence-electron chi connectivity index (χ0n) is 13.7. The van der Waals surface area contributed by atoms with E-state index >= 15 is 0 Å². The van der Waals surface area contributed by atoms with Crippen LogP contribution in [0.5, 0.6) is 5.75 Å². The Morgan fingerprint density at radius 3 is 2.60 bits per heavy atom. The predicted molar refractivity (Wildman–Crippen MR) is 100 cm³/mol. The van der Waals surface area contributed by atoms with E-state index in [2.05, 4.69) is 15.5 Å². The highest BCUT2D eigenvalue weighted by molar-refractivity contribution is 7.18. The number of nitrogens with zero attached hydrogens (tertiary/aromatic N) is 2. The molecule has 1 N–H and O–H groups in total. The van der Waals surface area contributed by atoms with Gasteiger partial charge in [0.25, 0.3) is 5.91 Å². The van der Waals surface area contributed by atoms with Gasteiger partial charge in [0.15, 0.2) is 6.10 Å². The summed E-state index contributed by atoms with van der Waals surface area (Å²) in [6, 6.07) is 14.9. The van der Waals surface area contributed by atoms with E-state index in [0.717, 1.165) is 11.1 Å². The average Bonchev–Trinajstić information content (AvgIpc) is 3.06. The van der Waals surface area contributed by atoms with E-state index < -0.39 is 6.10 Å². The van der Waals surface area contributed by atoms with Gasteiger partial charge >= 0.3 is 0 Å². The topological polar surface area (TPSA) is 64.1 Å². The van der Waals surface area contributed by atoms with Crippen molar-refractivity contribution in [2.45, 2.75) is 20.0 Å². The molecule has 0 aliphatic heterocycles. The molecule has 1 aromatic heterocycles. The van der Waals surface area contributed by atoms with E-state index in [1.165, 1.54) is 11.3 Å². The fourth-order valence-electron chi connectivity index (χ4n) is 2.12. The maximum atomic E-state index is 12.3. The van der Waals surface area contributed by atoms with E-state index in [4.69, 9.17) is 16.3 Å². The SMILES string of the molecule is Cc1ccccc1OC(C)C(=O)Nc1nnc(-c2ccc(Cl)cc2)s1. The molecule has 5 nitrogen and oxygen atoms in total. The number of amides is 1. The molecule has 0 saturated heterocycles. The van der Waals surface area contributed by atoms with Crippen molar-refractivity contribution in [1.82, 2.24) is 10.2 Å². The smallest absolute Gasteiger partial charge is 0.266 e. The highest BCUT2D eigenvalue weighted by atomic mass is 35.5. The maximum absolute atomic E-state index is 12.3. The monoisotopic (exact) mass is 373 g/mol. The molecule has 2 aromatic carbocycles. The number of hydrogen-bond donors (Lipinski definition) is 1. The summed E-state index contributed by atoms with van der Waals surface area (Å²) in [4.78, 5) is 12.3. The van der Waals surface area contributed by atoms with Gasteiger partial charge in [-0.25, -0.2) is 0 Å². The van der Waals surface area contributed by atoms with Crippen molar-refractivity contribution in [2.24, 2.45) is 0 Å². The van der Waals surface area contributed by atoms with Crippen LogP contribution in [0.15, 0.2) is 48.5 Å². The van der Waals surface area contributed by atoms with Gasteiger partial charge in [0.2, 0.25) is 5.13 Å². The average molecular weight is 374 g/mol. The van der Waals surface area contributed by atoms with E-state index in [0.29, 0.717) is 20.9 Å². The lowest BCUT2D eigenvalue weighted by atomic mass is 10.2. The number of ether oxygens (including phenoxy) is 1. The third-order valence-electron chi connectivity index (χ3n) is 3.51. The molecule has 25 heavy (non-hydrogen) atoms. The second-order valence-corrected chi connectivity index (χ2v) is 6.85. The van der Waals surface area contributed by atoms with Gasteiger partial charge in [-0.1, -0.05) is 53.3 Å². The number of aryl methyl sites for hydroxylation is 1. The molecule has 0 fully saturated rings. The van der Waals surface area contributed by atoms with E-state index in [9.17, 15) is 4.79 Å². The molecule has 0 bridgehead atoms. The Morgan fingerprint density at radius 2 is 1.88 bits per heavy atom. The van der Waals surface area contributed by atoms with E-state index in [1.807, 2.05) is 43.3 Å². The van der Waals surface area contributed by atoms with E-state index in [1.54, 1.807) is 19.1 Å². The van der Waals surface area contributed by atoms with Crippen molar-refractivity contribution in [3.63, 3.8) is 0 Å². The Bertz CT molecular complexity index is 880. The molecule has 3 rings (SSSR count). The van der Waals surface area contributed by atoms with Crippen LogP contribution in [-0.2, 0) is 4.79 Å². The lowest BCUT2D eigenvalue weighted by Gasteiger charge is -2.15. The molecule has 1 atom stereocenters. The van der Waals surface area contributed by atoms with Gasteiger partial charge in [-0.2, -0.15) is 0 Å². The lowest BCUT2D eigenvalue weighted by Crippen LogP contribution is -2.30. The van der Waals surface area contributed by atoms with Gasteiger partial charge in [0.05, 0.1) is 0 Å². The highest BCUT2D eigenvalue weighted by Crippen LogP contribution is 2.27. The van der Waals surface area contributed by atoms with E-state index in [-0.39, 0.29) is 5.91 Å². The van der Waals surface area contributed by atoms with Crippen LogP contribution in [0.4, 0.5) is 5.13 Å². The first-order valence-electron chi connectivity index (χ1n) is 7.65. The summed E-state index contributed by atoms with van der Waals surface area (Å²) in [5.74, 6) is 0.409. The number of carbonyl (C=O) groups excluding carboxylic acids is 1. The first-order valence-corrected chi connectivity index (χ1v) is 8.85. The van der Waals surface area contributed by atoms with Crippen LogP contribution in [0.2, 0.25) is 5.02 Å². The van der Waals surface area contributed by atoms with Gasteiger partial charge < -0.3 is 4.74 Å². The van der Waals surface area contributed by atoms with Crippen molar-refractivity contribution in [1.29, 1.82) is 0 Å². The number of anilines is 1. The van der Waals surface area contributed by atoms with Gasteiger partial charge in [-0.3, -0.25) is 10.1 Å². The largest absolute Gasteiger partial charge is 0.481 e. The number of nitrogens with one attached hydrogen (secondary N) is 1. The number of para-hydroxylation sites is 1. The Labute approximate surface area is 154 Å². The molecular formula is C18H16ClN3O2S. The summed E-state index contributed by atoms with van der Waals surface area (Å²) in [6.45, 7) is 3.63. The van der Waals surface area contributed by atoms with Crippen LogP contribution in [0.3, 0.4) is 0 Å². The summed E-state index contributed by atoms with van der Waals surface area (Å²) in [7, 11) is 0. The zero-order valence-corrected chi connectivity index (χ0v) is 15.3. The minimum atomic E-state index is -0.649. The second-order valence-electron chi connectivity index (χ2n) is 5.43. The first-order chi connectivity index (χ1) is 12.0. The van der Waals surface area contributed by atoms with Crippen molar-refractivity contribution in [3.05, 3.63) is 59.1 Å². The standard InChI is InChI=1S/C18H16ClN3O2S/c1-11-5-3-4-6-15(11)24-12(2)16(23)20-18-22-21-17(25-18)13-7-9-14(19)10-8-13/h3-10,12H,1-2H3,(H,20,22,23). The zero-order chi connectivity index (χ0) is 17.8. The number of halogens is 1. The Morgan fingerprint density at radius 1 is 1.16 bits per heavy atom. The number of hydrogen-bond acceptors (Lipinski definition) is 5. The maximum Gasteiger partial charge on any atom is 0.266 e. The Kier molecular flexibility index (Phi) is 5.31. The van der Waals surface area contributed by atoms with Crippen LogP contribution < -0.4 is 10.1 Å². The second kappa shape index (κ2) is 7.63. The molecule has 1 heterocycles. The molecule has 0 aliphatic rings. The summed E-state index contributed by atoms with van der Waals surface area (Å²) >= 11 is 7.18. The lowest BCUT2D eigenvalue weighted by molar-refractivity contribution is -0.122. The normalized spacial score (nSPS) is 11.8. The fraction of sp³-hybridized carbons (Fsp3) is 0.167. The van der Waals surface area contributed by atoms with Crippen LogP contribution >= 0.6 is 22.9 Å². The predicted octanol–water partition coefficient (Wildman–Crippen LogP) is 4.57. The number of aromatic nitrogens is 2. The van der Waals surface area contributed by atoms with Gasteiger partial charge in [-0.15, -0.1) is 10.2 Å². The molecule has 128 valence electrons. The number of carbonyl (C=O) groups is 1. The van der Waals surface area contributed by atoms with Crippen LogP contribution in [-0.4, -0.2) is 22.2 Å². The van der Waals surface area contributed by atoms with Crippen molar-refractivity contribution in [2.75, 3.05) is 5.32 Å². The van der Waals surface area contributed by atoms with Crippen molar-refractivity contribution < 1.29 is 9.53 Å². The minimum Gasteiger partial charge on any atom is -0.481 e. The molecule has 0 saturated carbocycles.